The topological polar surface area (TPSA) is 77.0 Å². The monoisotopic (exact) mass is 684 g/mol. The molecule has 3 rings (SSSR count). The normalized spacial score (nSPS) is 10.8. The van der Waals surface area contributed by atoms with Gasteiger partial charge in [0.15, 0.2) is 12.4 Å². The van der Waals surface area contributed by atoms with Crippen molar-refractivity contribution >= 4 is 72.5 Å². The van der Waals surface area contributed by atoms with Crippen molar-refractivity contribution in [2.45, 2.75) is 13.8 Å². The summed E-state index contributed by atoms with van der Waals surface area (Å²) in [6.45, 7) is 3.66. The highest BCUT2D eigenvalue weighted by atomic mass is 127. The van der Waals surface area contributed by atoms with E-state index in [4.69, 9.17) is 9.47 Å². The SMILES string of the molecule is Cc1cccc(C)c1OCC(=O)N/N=C\c1cc(Br)cc(Br)c1OC(=O)c1ccccc1I. The van der Waals surface area contributed by atoms with Gasteiger partial charge in [-0.15, -0.1) is 0 Å². The van der Waals surface area contributed by atoms with Crippen LogP contribution in [0.4, 0.5) is 0 Å². The molecule has 0 saturated heterocycles. The zero-order valence-corrected chi connectivity index (χ0v) is 23.0. The fourth-order valence-corrected chi connectivity index (χ4v) is 4.88. The third-order valence-electron chi connectivity index (χ3n) is 4.47. The molecule has 0 aliphatic carbocycles. The number of ether oxygens (including phenoxy) is 2. The second kappa shape index (κ2) is 11.8. The number of para-hydroxylation sites is 1. The number of carbonyl (C=O) groups is 2. The van der Waals surface area contributed by atoms with E-state index < -0.39 is 11.9 Å². The maximum atomic E-state index is 12.7. The van der Waals surface area contributed by atoms with Crippen LogP contribution in [0.1, 0.15) is 27.0 Å². The average Bonchev–Trinajstić information content (AvgIpc) is 2.76. The number of hydrogen-bond donors (Lipinski definition) is 1. The van der Waals surface area contributed by atoms with Crippen LogP contribution in [0, 0.1) is 17.4 Å². The van der Waals surface area contributed by atoms with Gasteiger partial charge < -0.3 is 9.47 Å². The molecular weight excluding hydrogens is 667 g/mol. The summed E-state index contributed by atoms with van der Waals surface area (Å²) in [5, 5.41) is 4.00. The molecule has 1 amide bonds. The van der Waals surface area contributed by atoms with Crippen molar-refractivity contribution in [1.29, 1.82) is 0 Å². The summed E-state index contributed by atoms with van der Waals surface area (Å²) in [4.78, 5) is 24.9. The Morgan fingerprint density at radius 2 is 1.73 bits per heavy atom. The molecule has 0 aliphatic heterocycles. The van der Waals surface area contributed by atoms with E-state index in [2.05, 4.69) is 65.0 Å². The molecule has 0 aliphatic rings. The Kier molecular flexibility index (Phi) is 9.04. The van der Waals surface area contributed by atoms with Gasteiger partial charge in [-0.3, -0.25) is 4.79 Å². The summed E-state index contributed by atoms with van der Waals surface area (Å²) in [5.41, 5.74) is 5.28. The molecule has 0 bridgehead atoms. The number of carbonyl (C=O) groups excluding carboxylic acids is 2. The van der Waals surface area contributed by atoms with Gasteiger partial charge in [-0.1, -0.05) is 46.3 Å². The van der Waals surface area contributed by atoms with Crippen LogP contribution >= 0.6 is 54.5 Å². The Morgan fingerprint density at radius 3 is 2.42 bits per heavy atom. The third-order valence-corrected chi connectivity index (χ3v) is 6.46. The smallest absolute Gasteiger partial charge is 0.344 e. The molecule has 0 spiro atoms. The number of hydrogen-bond acceptors (Lipinski definition) is 5. The van der Waals surface area contributed by atoms with Gasteiger partial charge in [0.05, 0.1) is 16.3 Å². The number of esters is 1. The van der Waals surface area contributed by atoms with Crippen molar-refractivity contribution in [1.82, 2.24) is 5.43 Å². The first-order valence-corrected chi connectivity index (χ1v) is 12.4. The minimum atomic E-state index is -0.497. The predicted molar refractivity (Wildman–Crippen MR) is 143 cm³/mol. The molecule has 9 heteroatoms. The van der Waals surface area contributed by atoms with Gasteiger partial charge >= 0.3 is 5.97 Å². The van der Waals surface area contributed by atoms with Crippen molar-refractivity contribution in [2.24, 2.45) is 5.10 Å². The Labute approximate surface area is 222 Å². The molecule has 3 aromatic carbocycles. The van der Waals surface area contributed by atoms with Crippen LogP contribution in [0.25, 0.3) is 0 Å². The van der Waals surface area contributed by atoms with E-state index in [0.717, 1.165) is 19.2 Å². The first-order chi connectivity index (χ1) is 15.8. The molecular formula is C24H19Br2IN2O4. The zero-order valence-electron chi connectivity index (χ0n) is 17.7. The van der Waals surface area contributed by atoms with Crippen LogP contribution in [-0.4, -0.2) is 24.7 Å². The van der Waals surface area contributed by atoms with E-state index in [9.17, 15) is 9.59 Å². The summed E-state index contributed by atoms with van der Waals surface area (Å²) in [7, 11) is 0. The minimum absolute atomic E-state index is 0.181. The number of nitrogens with one attached hydrogen (secondary N) is 1. The quantitative estimate of drug-likeness (QED) is 0.106. The summed E-state index contributed by atoms with van der Waals surface area (Å²) in [6.07, 6.45) is 1.41. The standard InChI is InChI=1S/C24H19Br2IN2O4/c1-14-6-5-7-15(2)22(14)32-13-21(30)29-28-12-16-10-17(25)11-19(26)23(16)33-24(31)18-8-3-4-9-20(18)27/h3-12H,13H2,1-2H3,(H,29,30)/b28-12-. The van der Waals surface area contributed by atoms with Crippen LogP contribution in [0.2, 0.25) is 0 Å². The largest absolute Gasteiger partial charge is 0.483 e. The molecule has 3 aromatic rings. The lowest BCUT2D eigenvalue weighted by Crippen LogP contribution is -2.25. The molecule has 1 N–H and O–H groups in total. The Bertz CT molecular complexity index is 1210. The maximum Gasteiger partial charge on any atom is 0.344 e. The number of halogens is 3. The molecule has 0 heterocycles. The van der Waals surface area contributed by atoms with Gasteiger partial charge in [-0.05, 0) is 87.8 Å². The highest BCUT2D eigenvalue weighted by Gasteiger charge is 2.17. The maximum absolute atomic E-state index is 12.7. The van der Waals surface area contributed by atoms with Crippen molar-refractivity contribution in [3.8, 4) is 11.5 Å². The summed E-state index contributed by atoms with van der Waals surface area (Å²) in [5.74, 6) is 0.0500. The van der Waals surface area contributed by atoms with E-state index in [1.165, 1.54) is 6.21 Å². The van der Waals surface area contributed by atoms with E-state index in [-0.39, 0.29) is 12.4 Å². The predicted octanol–water partition coefficient (Wildman–Crippen LogP) is 6.18. The number of nitrogens with zero attached hydrogens (tertiary/aromatic N) is 1. The van der Waals surface area contributed by atoms with E-state index in [1.54, 1.807) is 24.3 Å². The molecule has 0 atom stereocenters. The summed E-state index contributed by atoms with van der Waals surface area (Å²) in [6, 6.07) is 16.4. The van der Waals surface area contributed by atoms with Gasteiger partial charge in [-0.2, -0.15) is 5.10 Å². The molecule has 6 nitrogen and oxygen atoms in total. The van der Waals surface area contributed by atoms with Gasteiger partial charge in [0.2, 0.25) is 0 Å². The van der Waals surface area contributed by atoms with Gasteiger partial charge in [0.1, 0.15) is 5.75 Å². The number of amides is 1. The Morgan fingerprint density at radius 1 is 1.03 bits per heavy atom. The van der Waals surface area contributed by atoms with E-state index in [1.807, 2.05) is 44.2 Å². The molecule has 33 heavy (non-hydrogen) atoms. The number of rotatable bonds is 7. The molecule has 0 aromatic heterocycles. The Hall–Kier alpha value is -2.24. The summed E-state index contributed by atoms with van der Waals surface area (Å²) < 4.78 is 13.4. The first-order valence-electron chi connectivity index (χ1n) is 9.73. The van der Waals surface area contributed by atoms with Gasteiger partial charge in [-0.25, -0.2) is 10.2 Å². The van der Waals surface area contributed by atoms with Crippen molar-refractivity contribution < 1.29 is 19.1 Å². The second-order valence-corrected chi connectivity index (χ2v) is 9.91. The third kappa shape index (κ3) is 6.87. The molecule has 0 fully saturated rings. The lowest BCUT2D eigenvalue weighted by atomic mass is 10.1. The van der Waals surface area contributed by atoms with Crippen molar-refractivity contribution in [3.05, 3.63) is 89.4 Å². The van der Waals surface area contributed by atoms with Crippen molar-refractivity contribution in [3.63, 3.8) is 0 Å². The molecule has 0 radical (unpaired) electrons. The van der Waals surface area contributed by atoms with E-state index >= 15 is 0 Å². The van der Waals surface area contributed by atoms with Gasteiger partial charge in [0, 0.05) is 13.6 Å². The Balaban J connectivity index is 1.70. The highest BCUT2D eigenvalue weighted by Crippen LogP contribution is 2.33. The molecule has 170 valence electrons. The summed E-state index contributed by atoms with van der Waals surface area (Å²) >= 11 is 8.92. The van der Waals surface area contributed by atoms with Crippen LogP contribution in [0.3, 0.4) is 0 Å². The van der Waals surface area contributed by atoms with E-state index in [0.29, 0.717) is 21.3 Å². The highest BCUT2D eigenvalue weighted by molar-refractivity contribution is 14.1. The van der Waals surface area contributed by atoms with Crippen molar-refractivity contribution in [2.75, 3.05) is 6.61 Å². The second-order valence-electron chi connectivity index (χ2n) is 6.98. The molecule has 0 saturated carbocycles. The van der Waals surface area contributed by atoms with Gasteiger partial charge in [0.25, 0.3) is 5.91 Å². The number of aryl methyl sites for hydroxylation is 2. The fourth-order valence-electron chi connectivity index (χ4n) is 2.93. The lowest BCUT2D eigenvalue weighted by molar-refractivity contribution is -0.123. The van der Waals surface area contributed by atoms with Crippen LogP contribution in [0.15, 0.2) is 68.6 Å². The average molecular weight is 686 g/mol. The molecule has 0 unspecified atom stereocenters. The zero-order chi connectivity index (χ0) is 24.0. The lowest BCUT2D eigenvalue weighted by Gasteiger charge is -2.12. The van der Waals surface area contributed by atoms with Crippen LogP contribution in [-0.2, 0) is 4.79 Å². The van der Waals surface area contributed by atoms with Crippen LogP contribution in [0.5, 0.6) is 11.5 Å². The number of benzene rings is 3. The number of hydrazone groups is 1. The minimum Gasteiger partial charge on any atom is -0.483 e. The fraction of sp³-hybridized carbons (Fsp3) is 0.125. The first kappa shape index (κ1) is 25.4. The van der Waals surface area contributed by atoms with Crippen LogP contribution < -0.4 is 14.9 Å².